The van der Waals surface area contributed by atoms with Gasteiger partial charge in [0, 0.05) is 25.0 Å². The number of aliphatic imine (C=N–C) groups is 1. The first-order chi connectivity index (χ1) is 7.58. The van der Waals surface area contributed by atoms with Crippen molar-refractivity contribution in [2.24, 2.45) is 10.7 Å². The largest absolute Gasteiger partial charge is 0.370 e. The fourth-order valence-electron chi connectivity index (χ4n) is 1.68. The van der Waals surface area contributed by atoms with Crippen LogP contribution in [0.2, 0.25) is 5.02 Å². The fourth-order valence-corrected chi connectivity index (χ4v) is 1.80. The molecule has 0 amide bonds. The molecule has 1 saturated carbocycles. The summed E-state index contributed by atoms with van der Waals surface area (Å²) in [5.74, 6) is 1.11. The van der Waals surface area contributed by atoms with Gasteiger partial charge in [0.2, 0.25) is 0 Å². The third-order valence-corrected chi connectivity index (χ3v) is 3.06. The van der Waals surface area contributed by atoms with Gasteiger partial charge in [-0.25, -0.2) is 4.99 Å². The molecule has 0 heterocycles. The zero-order chi connectivity index (χ0) is 11.7. The Balaban J connectivity index is 2.02. The molecule has 0 unspecified atom stereocenters. The zero-order valence-corrected chi connectivity index (χ0v) is 10.3. The predicted molar refractivity (Wildman–Crippen MR) is 67.9 cm³/mol. The van der Waals surface area contributed by atoms with Crippen LogP contribution in [0.15, 0.2) is 29.3 Å². The Morgan fingerprint density at radius 2 is 2.00 bits per heavy atom. The molecule has 0 aromatic heterocycles. The Bertz CT molecular complexity index is 397. The van der Waals surface area contributed by atoms with Gasteiger partial charge < -0.3 is 10.6 Å². The van der Waals surface area contributed by atoms with E-state index in [1.54, 1.807) is 0 Å². The molecule has 3 nitrogen and oxygen atoms in total. The van der Waals surface area contributed by atoms with Crippen molar-refractivity contribution in [3.8, 4) is 0 Å². The first-order valence-corrected chi connectivity index (χ1v) is 5.72. The van der Waals surface area contributed by atoms with Gasteiger partial charge >= 0.3 is 0 Å². The minimum absolute atomic E-state index is 0.337. The van der Waals surface area contributed by atoms with E-state index in [0.717, 1.165) is 11.4 Å². The molecule has 16 heavy (non-hydrogen) atoms. The molecule has 1 fully saturated rings. The average Bonchev–Trinajstić information content (AvgIpc) is 2.98. The average molecular weight is 238 g/mol. The molecule has 0 radical (unpaired) electrons. The lowest BCUT2D eigenvalue weighted by Gasteiger charge is -2.10. The van der Waals surface area contributed by atoms with Crippen molar-refractivity contribution in [2.75, 3.05) is 14.1 Å². The van der Waals surface area contributed by atoms with Crippen molar-refractivity contribution in [3.63, 3.8) is 0 Å². The molecule has 0 spiro atoms. The first kappa shape index (κ1) is 11.3. The van der Waals surface area contributed by atoms with Crippen molar-refractivity contribution >= 4 is 17.6 Å². The van der Waals surface area contributed by atoms with Crippen LogP contribution in [0.5, 0.6) is 0 Å². The smallest absolute Gasteiger partial charge is 0.191 e. The van der Waals surface area contributed by atoms with E-state index in [4.69, 9.17) is 17.3 Å². The third-order valence-electron chi connectivity index (χ3n) is 2.81. The van der Waals surface area contributed by atoms with Crippen molar-refractivity contribution in [3.05, 3.63) is 34.9 Å². The number of nitrogens with two attached hydrogens (primary N) is 1. The van der Waals surface area contributed by atoms with Gasteiger partial charge in [0.25, 0.3) is 0 Å². The molecule has 86 valence electrons. The van der Waals surface area contributed by atoms with Crippen LogP contribution in [0.25, 0.3) is 0 Å². The van der Waals surface area contributed by atoms with Gasteiger partial charge in [-0.3, -0.25) is 0 Å². The van der Waals surface area contributed by atoms with Crippen molar-refractivity contribution in [2.45, 2.75) is 18.4 Å². The normalized spacial score (nSPS) is 24.3. The van der Waals surface area contributed by atoms with Crippen LogP contribution >= 0.6 is 11.6 Å². The zero-order valence-electron chi connectivity index (χ0n) is 9.52. The summed E-state index contributed by atoms with van der Waals surface area (Å²) >= 11 is 5.84. The molecular weight excluding hydrogens is 222 g/mol. The van der Waals surface area contributed by atoms with Gasteiger partial charge in [0.15, 0.2) is 5.96 Å². The second kappa shape index (κ2) is 4.34. The van der Waals surface area contributed by atoms with E-state index in [9.17, 15) is 0 Å². The van der Waals surface area contributed by atoms with Gasteiger partial charge in [0.1, 0.15) is 0 Å². The number of rotatable bonds is 2. The molecule has 1 aromatic rings. The summed E-state index contributed by atoms with van der Waals surface area (Å²) in [7, 11) is 3.80. The third kappa shape index (κ3) is 2.47. The van der Waals surface area contributed by atoms with Crippen LogP contribution in [-0.2, 0) is 0 Å². The highest BCUT2D eigenvalue weighted by Gasteiger charge is 2.38. The number of nitrogens with zero attached hydrogens (tertiary/aromatic N) is 2. The van der Waals surface area contributed by atoms with Gasteiger partial charge in [-0.2, -0.15) is 0 Å². The summed E-state index contributed by atoms with van der Waals surface area (Å²) in [6.07, 6.45) is 1.08. The van der Waals surface area contributed by atoms with Crippen LogP contribution in [-0.4, -0.2) is 31.0 Å². The fraction of sp³-hybridized carbons (Fsp3) is 0.417. The first-order valence-electron chi connectivity index (χ1n) is 5.34. The van der Waals surface area contributed by atoms with Crippen LogP contribution in [0.3, 0.4) is 0 Å². The maximum Gasteiger partial charge on any atom is 0.191 e. The second-order valence-electron chi connectivity index (χ2n) is 4.34. The Labute approximate surface area is 101 Å². The summed E-state index contributed by atoms with van der Waals surface area (Å²) in [5, 5.41) is 0.775. The quantitative estimate of drug-likeness (QED) is 0.632. The molecule has 0 saturated heterocycles. The van der Waals surface area contributed by atoms with E-state index in [1.807, 2.05) is 31.1 Å². The van der Waals surface area contributed by atoms with Gasteiger partial charge in [-0.1, -0.05) is 23.7 Å². The lowest BCUT2D eigenvalue weighted by atomic mass is 10.1. The maximum absolute atomic E-state index is 5.84. The van der Waals surface area contributed by atoms with Gasteiger partial charge in [-0.05, 0) is 24.1 Å². The standard InChI is InChI=1S/C12H16ClN3/c1-16(2)12(14)15-11-7-10(11)8-3-5-9(13)6-4-8/h3-6,10-11H,7H2,1-2H3,(H2,14,15)/t10-,11+/m0/s1. The molecule has 2 N–H and O–H groups in total. The minimum Gasteiger partial charge on any atom is -0.370 e. The highest BCUT2D eigenvalue weighted by atomic mass is 35.5. The monoisotopic (exact) mass is 237 g/mol. The number of hydrogen-bond donors (Lipinski definition) is 1. The maximum atomic E-state index is 5.84. The summed E-state index contributed by atoms with van der Waals surface area (Å²) in [4.78, 5) is 6.29. The highest BCUT2D eigenvalue weighted by Crippen LogP contribution is 2.43. The molecule has 0 bridgehead atoms. The molecule has 0 aliphatic heterocycles. The van der Waals surface area contributed by atoms with E-state index in [2.05, 4.69) is 17.1 Å². The minimum atomic E-state index is 0.337. The van der Waals surface area contributed by atoms with E-state index >= 15 is 0 Å². The summed E-state index contributed by atoms with van der Waals surface area (Å²) in [6.45, 7) is 0. The van der Waals surface area contributed by atoms with Crippen LogP contribution < -0.4 is 5.73 Å². The van der Waals surface area contributed by atoms with E-state index < -0.39 is 0 Å². The number of guanidine groups is 1. The molecular formula is C12H16ClN3. The Morgan fingerprint density at radius 3 is 2.56 bits per heavy atom. The number of hydrogen-bond acceptors (Lipinski definition) is 1. The second-order valence-corrected chi connectivity index (χ2v) is 4.78. The molecule has 1 aromatic carbocycles. The van der Waals surface area contributed by atoms with E-state index in [-0.39, 0.29) is 0 Å². The van der Waals surface area contributed by atoms with Gasteiger partial charge in [-0.15, -0.1) is 0 Å². The molecule has 1 aliphatic rings. The SMILES string of the molecule is CN(C)C(N)=N[C@@H]1C[C@H]1c1ccc(Cl)cc1. The Kier molecular flexibility index (Phi) is 3.06. The van der Waals surface area contributed by atoms with Crippen molar-refractivity contribution < 1.29 is 0 Å². The number of benzene rings is 1. The summed E-state index contributed by atoms with van der Waals surface area (Å²) < 4.78 is 0. The Morgan fingerprint density at radius 1 is 1.38 bits per heavy atom. The lowest BCUT2D eigenvalue weighted by Crippen LogP contribution is -2.30. The summed E-state index contributed by atoms with van der Waals surface area (Å²) in [5.41, 5.74) is 7.07. The molecule has 2 atom stereocenters. The predicted octanol–water partition coefficient (Wildman–Crippen LogP) is 2.07. The van der Waals surface area contributed by atoms with Crippen molar-refractivity contribution in [1.29, 1.82) is 0 Å². The highest BCUT2D eigenvalue weighted by molar-refractivity contribution is 6.30. The van der Waals surface area contributed by atoms with Crippen LogP contribution in [0, 0.1) is 0 Å². The van der Waals surface area contributed by atoms with E-state index in [0.29, 0.717) is 17.9 Å². The Hall–Kier alpha value is -1.22. The van der Waals surface area contributed by atoms with Crippen LogP contribution in [0.4, 0.5) is 0 Å². The molecule has 4 heteroatoms. The summed E-state index contributed by atoms with van der Waals surface area (Å²) in [6, 6.07) is 8.31. The van der Waals surface area contributed by atoms with Crippen molar-refractivity contribution in [1.82, 2.24) is 4.90 Å². The van der Waals surface area contributed by atoms with Crippen LogP contribution in [0.1, 0.15) is 17.9 Å². The molecule has 2 rings (SSSR count). The molecule has 1 aliphatic carbocycles. The lowest BCUT2D eigenvalue weighted by molar-refractivity contribution is 0.608. The number of halogens is 1. The van der Waals surface area contributed by atoms with Gasteiger partial charge in [0.05, 0.1) is 6.04 Å². The van der Waals surface area contributed by atoms with E-state index in [1.165, 1.54) is 5.56 Å². The topological polar surface area (TPSA) is 41.6 Å².